The average molecular weight is 182 g/mol. The first-order chi connectivity index (χ1) is 6.25. The van der Waals surface area contributed by atoms with E-state index in [1.54, 1.807) is 0 Å². The van der Waals surface area contributed by atoms with E-state index in [4.69, 9.17) is 0 Å². The summed E-state index contributed by atoms with van der Waals surface area (Å²) in [6, 6.07) is 0.796. The van der Waals surface area contributed by atoms with Crippen molar-refractivity contribution in [2.75, 3.05) is 26.2 Å². The molecular formula is C11H22N2. The van der Waals surface area contributed by atoms with E-state index in [1.807, 2.05) is 0 Å². The molecule has 0 amide bonds. The monoisotopic (exact) mass is 182 g/mol. The van der Waals surface area contributed by atoms with Gasteiger partial charge in [-0.15, -0.1) is 0 Å². The zero-order valence-corrected chi connectivity index (χ0v) is 8.92. The number of rotatable bonds is 3. The van der Waals surface area contributed by atoms with Crippen LogP contribution >= 0.6 is 0 Å². The first-order valence-electron chi connectivity index (χ1n) is 5.71. The molecule has 3 aliphatic heterocycles. The lowest BCUT2D eigenvalue weighted by Crippen LogP contribution is -2.56. The Morgan fingerprint density at radius 1 is 1.31 bits per heavy atom. The minimum atomic E-state index is 0.787. The molecule has 0 aromatic rings. The molecule has 3 aliphatic rings. The first-order valence-corrected chi connectivity index (χ1v) is 5.71. The Balaban J connectivity index is 1.80. The van der Waals surface area contributed by atoms with Gasteiger partial charge in [0.25, 0.3) is 0 Å². The van der Waals surface area contributed by atoms with Crippen LogP contribution in [0.15, 0.2) is 0 Å². The van der Waals surface area contributed by atoms with Gasteiger partial charge < -0.3 is 10.2 Å². The topological polar surface area (TPSA) is 15.3 Å². The Kier molecular flexibility index (Phi) is 2.89. The molecule has 2 bridgehead atoms. The van der Waals surface area contributed by atoms with Gasteiger partial charge in [-0.1, -0.05) is 13.8 Å². The van der Waals surface area contributed by atoms with Gasteiger partial charge in [-0.3, -0.25) is 0 Å². The van der Waals surface area contributed by atoms with Crippen LogP contribution in [0.25, 0.3) is 0 Å². The number of fused-ring (bicyclic) bond motifs is 3. The smallest absolute Gasteiger partial charge is 0.0224 e. The van der Waals surface area contributed by atoms with Gasteiger partial charge in [-0.25, -0.2) is 0 Å². The van der Waals surface area contributed by atoms with Crippen molar-refractivity contribution in [3.8, 4) is 0 Å². The summed E-state index contributed by atoms with van der Waals surface area (Å²) in [6.07, 6.45) is 2.85. The lowest BCUT2D eigenvalue weighted by Gasteiger charge is -2.45. The summed E-state index contributed by atoms with van der Waals surface area (Å²) in [4.78, 5) is 2.61. The molecule has 1 atom stereocenters. The molecule has 0 radical (unpaired) electrons. The van der Waals surface area contributed by atoms with Crippen molar-refractivity contribution in [3.63, 3.8) is 0 Å². The van der Waals surface area contributed by atoms with E-state index in [-0.39, 0.29) is 0 Å². The predicted octanol–water partition coefficient (Wildman–Crippen LogP) is 1.33. The van der Waals surface area contributed by atoms with Crippen LogP contribution in [-0.4, -0.2) is 37.1 Å². The van der Waals surface area contributed by atoms with Crippen LogP contribution in [0, 0.1) is 11.8 Å². The molecule has 2 heteroatoms. The summed E-state index contributed by atoms with van der Waals surface area (Å²) in [7, 11) is 0. The number of hydrogen-bond acceptors (Lipinski definition) is 2. The molecule has 1 unspecified atom stereocenters. The Morgan fingerprint density at radius 3 is 2.46 bits per heavy atom. The highest BCUT2D eigenvalue weighted by Gasteiger charge is 2.33. The summed E-state index contributed by atoms with van der Waals surface area (Å²) in [6.45, 7) is 9.77. The van der Waals surface area contributed by atoms with E-state index >= 15 is 0 Å². The zero-order chi connectivity index (χ0) is 9.26. The van der Waals surface area contributed by atoms with Gasteiger partial charge in [0.05, 0.1) is 0 Å². The normalized spacial score (nSPS) is 38.5. The maximum atomic E-state index is 3.71. The fraction of sp³-hybridized carbons (Fsp3) is 1.00. The van der Waals surface area contributed by atoms with Crippen LogP contribution in [0.3, 0.4) is 0 Å². The Hall–Kier alpha value is -0.0800. The summed E-state index contributed by atoms with van der Waals surface area (Å²) in [5.74, 6) is 1.76. The van der Waals surface area contributed by atoms with Gasteiger partial charge in [0.2, 0.25) is 0 Å². The van der Waals surface area contributed by atoms with Gasteiger partial charge in [-0.2, -0.15) is 0 Å². The van der Waals surface area contributed by atoms with Gasteiger partial charge in [0.1, 0.15) is 0 Å². The van der Waals surface area contributed by atoms with Gasteiger partial charge in [-0.05, 0) is 44.3 Å². The molecule has 3 heterocycles. The maximum absolute atomic E-state index is 3.71. The predicted molar refractivity (Wildman–Crippen MR) is 55.8 cm³/mol. The quantitative estimate of drug-likeness (QED) is 0.708. The second kappa shape index (κ2) is 3.97. The minimum absolute atomic E-state index is 0.787. The van der Waals surface area contributed by atoms with Crippen molar-refractivity contribution >= 4 is 0 Å². The van der Waals surface area contributed by atoms with E-state index in [0.717, 1.165) is 17.9 Å². The average Bonchev–Trinajstić information content (AvgIpc) is 2.17. The first kappa shape index (κ1) is 9.47. The SMILES string of the molecule is CC(C)CNC1CN2CCC1CC2. The highest BCUT2D eigenvalue weighted by atomic mass is 15.2. The second-order valence-corrected chi connectivity index (χ2v) is 5.05. The standard InChI is InChI=1S/C11H22N2/c1-9(2)7-12-11-8-13-5-3-10(11)4-6-13/h9-12H,3-8H2,1-2H3. The highest BCUT2D eigenvalue weighted by Crippen LogP contribution is 2.27. The molecule has 1 N–H and O–H groups in total. The Morgan fingerprint density at radius 2 is 2.00 bits per heavy atom. The molecule has 0 saturated carbocycles. The Labute approximate surface area is 81.7 Å². The molecule has 76 valence electrons. The van der Waals surface area contributed by atoms with E-state index in [2.05, 4.69) is 24.1 Å². The van der Waals surface area contributed by atoms with Crippen molar-refractivity contribution in [1.82, 2.24) is 10.2 Å². The van der Waals surface area contributed by atoms with Crippen LogP contribution in [0.4, 0.5) is 0 Å². The maximum Gasteiger partial charge on any atom is 0.0224 e. The third kappa shape index (κ3) is 2.23. The highest BCUT2D eigenvalue weighted by molar-refractivity contribution is 4.90. The lowest BCUT2D eigenvalue weighted by molar-refractivity contribution is 0.0715. The van der Waals surface area contributed by atoms with Gasteiger partial charge in [0, 0.05) is 12.6 Å². The fourth-order valence-electron chi connectivity index (χ4n) is 2.58. The molecule has 2 nitrogen and oxygen atoms in total. The van der Waals surface area contributed by atoms with Crippen LogP contribution < -0.4 is 5.32 Å². The van der Waals surface area contributed by atoms with Crippen LogP contribution in [0.2, 0.25) is 0 Å². The summed E-state index contributed by atoms with van der Waals surface area (Å²) < 4.78 is 0. The van der Waals surface area contributed by atoms with E-state index in [9.17, 15) is 0 Å². The summed E-state index contributed by atoms with van der Waals surface area (Å²) in [5, 5.41) is 3.71. The van der Waals surface area contributed by atoms with Crippen molar-refractivity contribution in [2.24, 2.45) is 11.8 Å². The van der Waals surface area contributed by atoms with Crippen LogP contribution in [-0.2, 0) is 0 Å². The third-order valence-corrected chi connectivity index (χ3v) is 3.44. The number of hydrogen-bond donors (Lipinski definition) is 1. The third-order valence-electron chi connectivity index (χ3n) is 3.44. The second-order valence-electron chi connectivity index (χ2n) is 5.05. The molecule has 13 heavy (non-hydrogen) atoms. The molecule has 3 saturated heterocycles. The van der Waals surface area contributed by atoms with Crippen molar-refractivity contribution in [1.29, 1.82) is 0 Å². The van der Waals surface area contributed by atoms with Crippen molar-refractivity contribution in [2.45, 2.75) is 32.7 Å². The molecule has 0 aliphatic carbocycles. The molecule has 3 fully saturated rings. The number of piperidine rings is 3. The summed E-state index contributed by atoms with van der Waals surface area (Å²) >= 11 is 0. The van der Waals surface area contributed by atoms with E-state index < -0.39 is 0 Å². The minimum Gasteiger partial charge on any atom is -0.312 e. The van der Waals surface area contributed by atoms with Gasteiger partial charge >= 0.3 is 0 Å². The molecule has 0 spiro atoms. The summed E-state index contributed by atoms with van der Waals surface area (Å²) in [5.41, 5.74) is 0. The lowest BCUT2D eigenvalue weighted by atomic mass is 9.84. The number of nitrogens with one attached hydrogen (secondary N) is 1. The fourth-order valence-corrected chi connectivity index (χ4v) is 2.58. The molecule has 0 aromatic carbocycles. The zero-order valence-electron chi connectivity index (χ0n) is 8.92. The molecule has 0 aromatic heterocycles. The van der Waals surface area contributed by atoms with E-state index in [0.29, 0.717) is 0 Å². The van der Waals surface area contributed by atoms with Crippen molar-refractivity contribution in [3.05, 3.63) is 0 Å². The molecular weight excluding hydrogens is 160 g/mol. The van der Waals surface area contributed by atoms with Crippen LogP contribution in [0.5, 0.6) is 0 Å². The van der Waals surface area contributed by atoms with Crippen LogP contribution in [0.1, 0.15) is 26.7 Å². The largest absolute Gasteiger partial charge is 0.312 e. The Bertz CT molecular complexity index is 159. The van der Waals surface area contributed by atoms with Crippen molar-refractivity contribution < 1.29 is 0 Å². The molecule has 3 rings (SSSR count). The van der Waals surface area contributed by atoms with E-state index in [1.165, 1.54) is 39.0 Å². The van der Waals surface area contributed by atoms with Gasteiger partial charge in [0.15, 0.2) is 0 Å². The number of nitrogens with zero attached hydrogens (tertiary/aromatic N) is 1.